The molecule has 8 atom stereocenters. The molecule has 1 aromatic heterocycles. The molecule has 1 amide bonds. The molecule has 21 heteroatoms. The number of amides is 1. The van der Waals surface area contributed by atoms with E-state index in [-0.39, 0.29) is 24.2 Å². The molecule has 8 unspecified atom stereocenters. The second kappa shape index (κ2) is 15.2. The number of phosphoric ester groups is 1. The van der Waals surface area contributed by atoms with Crippen LogP contribution < -0.4 is 25.7 Å². The lowest BCUT2D eigenvalue weighted by Gasteiger charge is -2.37. The molecule has 278 valence electrons. The van der Waals surface area contributed by atoms with E-state index in [1.54, 1.807) is 19.1 Å². The smallest absolute Gasteiger partial charge is 0.351 e. The molecule has 1 N–H and O–H groups in total. The van der Waals surface area contributed by atoms with Crippen LogP contribution in [0.3, 0.4) is 0 Å². The number of nitrogens with one attached hydrogen (secondary N) is 1. The van der Waals surface area contributed by atoms with Gasteiger partial charge in [-0.05, 0) is 56.2 Å². The maximum Gasteiger partial charge on any atom is 0.351 e. The first-order chi connectivity index (χ1) is 23.8. The van der Waals surface area contributed by atoms with Crippen LogP contribution >= 0.6 is 23.2 Å². The summed E-state index contributed by atoms with van der Waals surface area (Å²) in [5.41, 5.74) is -3.56. The molecule has 0 radical (unpaired) electrons. The fraction of sp³-hybridized carbons (Fsp3) is 0.433. The summed E-state index contributed by atoms with van der Waals surface area (Å²) < 4.78 is 82.8. The van der Waals surface area contributed by atoms with Crippen LogP contribution in [0.25, 0.3) is 0 Å². The first kappa shape index (κ1) is 39.3. The van der Waals surface area contributed by atoms with Crippen molar-refractivity contribution < 1.29 is 64.9 Å². The van der Waals surface area contributed by atoms with Crippen molar-refractivity contribution in [1.29, 1.82) is 0 Å². The summed E-state index contributed by atoms with van der Waals surface area (Å²) >= 11 is 0. The number of unbranched alkanes of at least 4 members (excludes halogenated alkanes) is 1. The number of anilines is 1. The third-order valence-electron chi connectivity index (χ3n) is 8.04. The molecule has 0 bridgehead atoms. The lowest BCUT2D eigenvalue weighted by molar-refractivity contribution is -0.254. The highest BCUT2D eigenvalue weighted by atomic mass is 31.3. The lowest BCUT2D eigenvalue weighted by Crippen LogP contribution is -2.48. The van der Waals surface area contributed by atoms with Crippen molar-refractivity contribution in [3.8, 4) is 0 Å². The first-order valence-corrected chi connectivity index (χ1v) is 20.2. The Hall–Kier alpha value is -2.95. The Kier molecular flexibility index (Phi) is 11.7. The standard InChI is InChI=1S/C30H37FN3O14P3/c1-4-5-17-49(37,38)47-51(41,42)48-50(39,40)43-19-29(2)25-26(45-24(44-25)18-20-9-7-6-8-10-20)30(3,46-29)34-16-15-23(33-28(34)36)32-27(35)21-11-13-22(31)14-12-21/h6-16,24-26H,4-5,17-19H2,1-3H3,(H,37,38)(H,39,40)(H,41,42)(H,32,33,35,36)/p-3. The van der Waals surface area contributed by atoms with E-state index in [0.29, 0.717) is 6.42 Å². The second-order valence-electron chi connectivity index (χ2n) is 12.1. The molecule has 3 aromatic rings. The van der Waals surface area contributed by atoms with E-state index in [4.69, 9.17) is 18.7 Å². The van der Waals surface area contributed by atoms with Crippen LogP contribution in [0.4, 0.5) is 10.2 Å². The van der Waals surface area contributed by atoms with Gasteiger partial charge in [0.2, 0.25) is 0 Å². The number of halogens is 1. The van der Waals surface area contributed by atoms with Gasteiger partial charge in [0.05, 0.1) is 6.61 Å². The third-order valence-corrected chi connectivity index (χ3v) is 12.7. The van der Waals surface area contributed by atoms with E-state index >= 15 is 0 Å². The minimum absolute atomic E-state index is 0.0582. The number of fused-ring (bicyclic) bond motifs is 1. The highest BCUT2D eigenvalue weighted by Crippen LogP contribution is 2.63. The van der Waals surface area contributed by atoms with Gasteiger partial charge in [0.25, 0.3) is 21.6 Å². The van der Waals surface area contributed by atoms with Gasteiger partial charge < -0.3 is 43.3 Å². The summed E-state index contributed by atoms with van der Waals surface area (Å²) in [5, 5.41) is 2.45. The average Bonchev–Trinajstić information content (AvgIpc) is 3.56. The quantitative estimate of drug-likeness (QED) is 0.219. The minimum atomic E-state index is -5.97. The van der Waals surface area contributed by atoms with Gasteiger partial charge in [-0.2, -0.15) is 4.98 Å². The van der Waals surface area contributed by atoms with E-state index in [0.717, 1.165) is 22.3 Å². The van der Waals surface area contributed by atoms with Gasteiger partial charge in [0.15, 0.2) is 12.0 Å². The lowest BCUT2D eigenvalue weighted by atomic mass is 9.96. The zero-order valence-corrected chi connectivity index (χ0v) is 30.1. The summed E-state index contributed by atoms with van der Waals surface area (Å²) in [6.07, 6.45) is -1.94. The fourth-order valence-electron chi connectivity index (χ4n) is 5.68. The monoisotopic (exact) mass is 772 g/mol. The Bertz CT molecular complexity index is 1940. The Morgan fingerprint density at radius 1 is 0.980 bits per heavy atom. The molecule has 2 fully saturated rings. The molecule has 0 saturated carbocycles. The molecule has 51 heavy (non-hydrogen) atoms. The fourth-order valence-corrected chi connectivity index (χ4v) is 9.89. The van der Waals surface area contributed by atoms with Crippen molar-refractivity contribution in [3.63, 3.8) is 0 Å². The van der Waals surface area contributed by atoms with Gasteiger partial charge in [-0.25, -0.2) is 13.5 Å². The van der Waals surface area contributed by atoms with E-state index in [2.05, 4.69) is 18.9 Å². The molecular formula is C30H34FN3O14P3-3. The first-order valence-electron chi connectivity index (χ1n) is 15.6. The summed E-state index contributed by atoms with van der Waals surface area (Å²) in [4.78, 5) is 66.8. The van der Waals surface area contributed by atoms with E-state index in [1.165, 1.54) is 38.2 Å². The van der Waals surface area contributed by atoms with Crippen LogP contribution in [-0.4, -0.2) is 52.3 Å². The molecule has 0 aliphatic carbocycles. The number of phosphoric acid groups is 2. The van der Waals surface area contributed by atoms with Gasteiger partial charge >= 0.3 is 5.69 Å². The number of aromatic nitrogens is 2. The number of hydrogen-bond acceptors (Lipinski definition) is 15. The van der Waals surface area contributed by atoms with Crippen molar-refractivity contribution in [2.45, 2.75) is 69.9 Å². The van der Waals surface area contributed by atoms with Crippen molar-refractivity contribution in [3.05, 3.63) is 94.3 Å². The second-order valence-corrected chi connectivity index (χ2v) is 17.2. The van der Waals surface area contributed by atoms with Crippen LogP contribution in [0.1, 0.15) is 49.5 Å². The normalized spacial score (nSPS) is 27.9. The molecule has 0 spiro atoms. The van der Waals surface area contributed by atoms with Gasteiger partial charge in [-0.3, -0.25) is 22.8 Å². The summed E-state index contributed by atoms with van der Waals surface area (Å²) in [5.74, 6) is -1.36. The van der Waals surface area contributed by atoms with E-state index < -0.39 is 83.2 Å². The number of carbonyl (C=O) groups is 1. The Morgan fingerprint density at radius 2 is 1.65 bits per heavy atom. The minimum Gasteiger partial charge on any atom is -0.778 e. The molecule has 3 heterocycles. The molecule has 5 rings (SSSR count). The van der Waals surface area contributed by atoms with Gasteiger partial charge in [0, 0.05) is 24.3 Å². The Balaban J connectivity index is 1.38. The maximum atomic E-state index is 13.4. The van der Waals surface area contributed by atoms with Gasteiger partial charge in [0.1, 0.15) is 37.0 Å². The molecule has 2 aliphatic heterocycles. The molecule has 17 nitrogen and oxygen atoms in total. The Labute approximate surface area is 291 Å². The maximum absolute atomic E-state index is 13.4. The zero-order valence-electron chi connectivity index (χ0n) is 27.4. The number of rotatable bonds is 15. The number of carbonyl (C=O) groups excluding carboxylic acids is 1. The zero-order chi connectivity index (χ0) is 37.2. The largest absolute Gasteiger partial charge is 0.778 e. The Morgan fingerprint density at radius 3 is 2.29 bits per heavy atom. The van der Waals surface area contributed by atoms with Crippen molar-refractivity contribution in [1.82, 2.24) is 9.55 Å². The van der Waals surface area contributed by atoms with Crippen LogP contribution in [0.5, 0.6) is 0 Å². The van der Waals surface area contributed by atoms with Crippen molar-refractivity contribution in [2.24, 2.45) is 0 Å². The summed E-state index contributed by atoms with van der Waals surface area (Å²) in [6, 6.07) is 15.0. The SMILES string of the molecule is CCCCP(=O)([O-])OP(=O)([O-])OP(=O)([O-])OCC1(C)OC(C)(n2ccc(NC(=O)c3ccc(F)cc3)nc2=O)C2OC(Cc3ccccc3)OC21. The van der Waals surface area contributed by atoms with Crippen molar-refractivity contribution >= 4 is 35.0 Å². The summed E-state index contributed by atoms with van der Waals surface area (Å²) in [6.45, 7) is 3.50. The van der Waals surface area contributed by atoms with E-state index in [1.807, 2.05) is 18.2 Å². The van der Waals surface area contributed by atoms with Crippen molar-refractivity contribution in [2.75, 3.05) is 18.1 Å². The molecule has 2 saturated heterocycles. The molecule has 2 aliphatic rings. The number of nitrogens with zero attached hydrogens (tertiary/aromatic N) is 2. The van der Waals surface area contributed by atoms with Gasteiger partial charge in [-0.15, -0.1) is 0 Å². The van der Waals surface area contributed by atoms with Crippen LogP contribution in [0, 0.1) is 5.82 Å². The van der Waals surface area contributed by atoms with Crippen LogP contribution in [-0.2, 0) is 53.2 Å². The van der Waals surface area contributed by atoms with E-state index in [9.17, 15) is 42.4 Å². The average molecular weight is 773 g/mol. The number of benzene rings is 2. The number of hydrogen-bond donors (Lipinski definition) is 1. The third kappa shape index (κ3) is 9.54. The summed E-state index contributed by atoms with van der Waals surface area (Å²) in [7, 11) is -16.8. The highest BCUT2D eigenvalue weighted by molar-refractivity contribution is 7.66. The topological polar surface area (TPSA) is 240 Å². The predicted octanol–water partition coefficient (Wildman–Crippen LogP) is 2.79. The van der Waals surface area contributed by atoms with Crippen LogP contribution in [0.15, 0.2) is 71.7 Å². The number of ether oxygens (including phenoxy) is 3. The molecular weight excluding hydrogens is 738 g/mol. The van der Waals surface area contributed by atoms with Crippen LogP contribution in [0.2, 0.25) is 0 Å². The molecule has 2 aromatic carbocycles. The highest BCUT2D eigenvalue weighted by Gasteiger charge is 2.65. The predicted molar refractivity (Wildman–Crippen MR) is 170 cm³/mol. The van der Waals surface area contributed by atoms with Gasteiger partial charge in [-0.1, -0.05) is 43.7 Å².